The second kappa shape index (κ2) is 6.31. The molecule has 0 amide bonds. The van der Waals surface area contributed by atoms with Gasteiger partial charge in [0.25, 0.3) is 0 Å². The Bertz CT molecular complexity index is 620. The van der Waals surface area contributed by atoms with Crippen LogP contribution < -0.4 is 0 Å². The number of carbonyl (C=O) groups is 1. The molecule has 1 aliphatic rings. The molecule has 4 heteroatoms. The van der Waals surface area contributed by atoms with Crippen molar-refractivity contribution in [1.29, 1.82) is 0 Å². The van der Waals surface area contributed by atoms with Gasteiger partial charge in [-0.2, -0.15) is 0 Å². The first kappa shape index (κ1) is 14.1. The van der Waals surface area contributed by atoms with Crippen LogP contribution in [0.4, 0.5) is 0 Å². The fourth-order valence-corrected chi connectivity index (χ4v) is 3.36. The highest BCUT2D eigenvalue weighted by atomic mass is 16.4. The number of benzene rings is 1. The largest absolute Gasteiger partial charge is 0.481 e. The lowest BCUT2D eigenvalue weighted by Gasteiger charge is -2.32. The third-order valence-electron chi connectivity index (χ3n) is 4.44. The number of nitrogens with zero attached hydrogens (tertiary/aromatic N) is 1. The molecule has 0 bridgehead atoms. The Hall–Kier alpha value is -1.81. The Kier molecular flexibility index (Phi) is 4.25. The number of para-hydroxylation sites is 1. The van der Waals surface area contributed by atoms with E-state index < -0.39 is 5.97 Å². The molecular weight excluding hydrogens is 264 g/mol. The van der Waals surface area contributed by atoms with Crippen LogP contribution in [0.3, 0.4) is 0 Å². The second-order valence-corrected chi connectivity index (χ2v) is 6.04. The normalized spacial score (nSPS) is 19.9. The van der Waals surface area contributed by atoms with Crippen molar-refractivity contribution >= 4 is 16.9 Å². The molecule has 1 saturated heterocycles. The lowest BCUT2D eigenvalue weighted by atomic mass is 9.93. The number of likely N-dealkylation sites (tertiary alicyclic amines) is 1. The molecule has 0 aliphatic carbocycles. The summed E-state index contributed by atoms with van der Waals surface area (Å²) in [5, 5.41) is 10.1. The second-order valence-electron chi connectivity index (χ2n) is 6.04. The third-order valence-corrected chi connectivity index (χ3v) is 4.44. The van der Waals surface area contributed by atoms with Gasteiger partial charge in [0.05, 0.1) is 0 Å². The summed E-state index contributed by atoms with van der Waals surface area (Å²) >= 11 is 0. The molecule has 0 spiro atoms. The predicted molar refractivity (Wildman–Crippen MR) is 83.2 cm³/mol. The van der Waals surface area contributed by atoms with Gasteiger partial charge in [0, 0.05) is 36.6 Å². The average molecular weight is 286 g/mol. The molecule has 1 atom stereocenters. The van der Waals surface area contributed by atoms with E-state index in [1.54, 1.807) is 0 Å². The van der Waals surface area contributed by atoms with Crippen LogP contribution in [-0.2, 0) is 11.3 Å². The van der Waals surface area contributed by atoms with Gasteiger partial charge in [0.15, 0.2) is 0 Å². The first-order chi connectivity index (χ1) is 10.2. The molecular formula is C17H22N2O2. The molecule has 21 heavy (non-hydrogen) atoms. The number of hydrogen-bond donors (Lipinski definition) is 2. The number of carboxylic acids is 1. The quantitative estimate of drug-likeness (QED) is 0.887. The van der Waals surface area contributed by atoms with Crippen molar-refractivity contribution in [2.45, 2.75) is 32.2 Å². The van der Waals surface area contributed by atoms with Crippen molar-refractivity contribution in [3.63, 3.8) is 0 Å². The molecule has 1 unspecified atom stereocenters. The fourth-order valence-electron chi connectivity index (χ4n) is 3.36. The summed E-state index contributed by atoms with van der Waals surface area (Å²) in [7, 11) is 0. The highest BCUT2D eigenvalue weighted by Crippen LogP contribution is 2.25. The van der Waals surface area contributed by atoms with Crippen LogP contribution in [0, 0.1) is 5.92 Å². The Morgan fingerprint density at radius 1 is 1.38 bits per heavy atom. The van der Waals surface area contributed by atoms with Crippen LogP contribution in [0.15, 0.2) is 30.5 Å². The maximum atomic E-state index is 10.7. The minimum atomic E-state index is -0.677. The van der Waals surface area contributed by atoms with E-state index in [0.29, 0.717) is 12.3 Å². The number of nitrogens with one attached hydrogen (secondary N) is 1. The lowest BCUT2D eigenvalue weighted by Crippen LogP contribution is -2.35. The van der Waals surface area contributed by atoms with Crippen LogP contribution in [-0.4, -0.2) is 34.0 Å². The van der Waals surface area contributed by atoms with E-state index in [0.717, 1.165) is 32.5 Å². The molecule has 2 heterocycles. The summed E-state index contributed by atoms with van der Waals surface area (Å²) in [5.41, 5.74) is 2.52. The number of H-pyrrole nitrogens is 1. The van der Waals surface area contributed by atoms with E-state index in [4.69, 9.17) is 5.11 Å². The molecule has 1 aliphatic heterocycles. The van der Waals surface area contributed by atoms with Crippen molar-refractivity contribution in [2.24, 2.45) is 5.92 Å². The van der Waals surface area contributed by atoms with Gasteiger partial charge < -0.3 is 10.1 Å². The molecule has 1 aromatic heterocycles. The summed E-state index contributed by atoms with van der Waals surface area (Å²) in [6.45, 7) is 3.09. The Balaban J connectivity index is 1.63. The van der Waals surface area contributed by atoms with Gasteiger partial charge in [-0.25, -0.2) is 0 Å². The van der Waals surface area contributed by atoms with Gasteiger partial charge in [-0.05, 0) is 43.4 Å². The number of rotatable bonds is 5. The molecule has 1 fully saturated rings. The number of aromatic amines is 1. The van der Waals surface area contributed by atoms with E-state index in [2.05, 4.69) is 34.3 Å². The molecule has 3 rings (SSSR count). The third kappa shape index (κ3) is 3.45. The Morgan fingerprint density at radius 2 is 2.24 bits per heavy atom. The Labute approximate surface area is 124 Å². The number of fused-ring (bicyclic) bond motifs is 1. The minimum absolute atomic E-state index is 0.297. The maximum absolute atomic E-state index is 10.7. The number of aliphatic carboxylic acids is 1. The van der Waals surface area contributed by atoms with Crippen LogP contribution in [0.1, 0.15) is 31.2 Å². The highest BCUT2D eigenvalue weighted by molar-refractivity contribution is 5.82. The maximum Gasteiger partial charge on any atom is 0.303 e. The summed E-state index contributed by atoms with van der Waals surface area (Å²) in [6.07, 6.45) is 5.54. The molecule has 2 aromatic rings. The molecule has 1 aromatic carbocycles. The summed E-state index contributed by atoms with van der Waals surface area (Å²) in [5.74, 6) is -0.149. The van der Waals surface area contributed by atoms with Crippen LogP contribution in [0.5, 0.6) is 0 Å². The van der Waals surface area contributed by atoms with E-state index in [9.17, 15) is 4.79 Å². The van der Waals surface area contributed by atoms with Gasteiger partial charge in [-0.1, -0.05) is 18.2 Å². The van der Waals surface area contributed by atoms with Gasteiger partial charge in [-0.3, -0.25) is 9.69 Å². The smallest absolute Gasteiger partial charge is 0.303 e. The van der Waals surface area contributed by atoms with Gasteiger partial charge in [0.2, 0.25) is 0 Å². The van der Waals surface area contributed by atoms with Crippen LogP contribution >= 0.6 is 0 Å². The number of piperidine rings is 1. The fraction of sp³-hybridized carbons (Fsp3) is 0.471. The highest BCUT2D eigenvalue weighted by Gasteiger charge is 2.21. The topological polar surface area (TPSA) is 56.3 Å². The van der Waals surface area contributed by atoms with E-state index >= 15 is 0 Å². The van der Waals surface area contributed by atoms with Crippen molar-refractivity contribution in [3.05, 3.63) is 36.0 Å². The van der Waals surface area contributed by atoms with Gasteiger partial charge in [-0.15, -0.1) is 0 Å². The van der Waals surface area contributed by atoms with Gasteiger partial charge >= 0.3 is 5.97 Å². The summed E-state index contributed by atoms with van der Waals surface area (Å²) < 4.78 is 0. The molecule has 112 valence electrons. The molecule has 2 N–H and O–H groups in total. The predicted octanol–water partition coefficient (Wildman–Crippen LogP) is 3.24. The van der Waals surface area contributed by atoms with E-state index in [1.165, 1.54) is 22.9 Å². The minimum Gasteiger partial charge on any atom is -0.481 e. The van der Waals surface area contributed by atoms with E-state index in [1.807, 2.05) is 6.07 Å². The Morgan fingerprint density at radius 3 is 3.10 bits per heavy atom. The lowest BCUT2D eigenvalue weighted by molar-refractivity contribution is -0.137. The van der Waals surface area contributed by atoms with E-state index in [-0.39, 0.29) is 0 Å². The first-order valence-corrected chi connectivity index (χ1v) is 7.71. The zero-order valence-corrected chi connectivity index (χ0v) is 12.2. The number of carboxylic acid groups (broad SMARTS) is 1. The van der Waals surface area contributed by atoms with Crippen molar-refractivity contribution < 1.29 is 9.90 Å². The zero-order chi connectivity index (χ0) is 14.7. The average Bonchev–Trinajstić information content (AvgIpc) is 2.89. The van der Waals surface area contributed by atoms with Crippen LogP contribution in [0.25, 0.3) is 10.9 Å². The van der Waals surface area contributed by atoms with Crippen molar-refractivity contribution in [3.8, 4) is 0 Å². The number of aromatic nitrogens is 1. The van der Waals surface area contributed by atoms with Crippen molar-refractivity contribution in [1.82, 2.24) is 9.88 Å². The summed E-state index contributed by atoms with van der Waals surface area (Å²) in [4.78, 5) is 16.5. The first-order valence-electron chi connectivity index (χ1n) is 7.71. The molecule has 0 radical (unpaired) electrons. The SMILES string of the molecule is O=C(O)CCC1CCCN(Cc2c[nH]c3ccccc23)C1. The standard InChI is InChI=1S/C17H22N2O2/c20-17(21)8-7-13-4-3-9-19(11-13)12-14-10-18-16-6-2-1-5-15(14)16/h1-2,5-6,10,13,18H,3-4,7-9,11-12H2,(H,20,21). The van der Waals surface area contributed by atoms with Crippen LogP contribution in [0.2, 0.25) is 0 Å². The summed E-state index contributed by atoms with van der Waals surface area (Å²) in [6, 6.07) is 8.38. The number of hydrogen-bond acceptors (Lipinski definition) is 2. The molecule has 0 saturated carbocycles. The molecule has 4 nitrogen and oxygen atoms in total. The van der Waals surface area contributed by atoms with Gasteiger partial charge in [0.1, 0.15) is 0 Å². The zero-order valence-electron chi connectivity index (χ0n) is 12.2. The monoisotopic (exact) mass is 286 g/mol. The van der Waals surface area contributed by atoms with Crippen molar-refractivity contribution in [2.75, 3.05) is 13.1 Å².